The Morgan fingerprint density at radius 1 is 1.21 bits per heavy atom. The van der Waals surface area contributed by atoms with Crippen molar-refractivity contribution in [1.82, 2.24) is 0 Å². The molecular weight excluding hydrogens is 172 g/mol. The van der Waals surface area contributed by atoms with Crippen LogP contribution in [0.2, 0.25) is 0 Å². The summed E-state index contributed by atoms with van der Waals surface area (Å²) in [4.78, 5) is 0. The third kappa shape index (κ3) is 3.51. The summed E-state index contributed by atoms with van der Waals surface area (Å²) >= 11 is 0. The first kappa shape index (κ1) is 11.3. The van der Waals surface area contributed by atoms with Crippen LogP contribution in [0.15, 0.2) is 30.3 Å². The standard InChI is InChI=1S/C13H20O/c1-3-13(11(2)14)10-9-12-7-5-4-6-8-12/h4-8,11,13-14H,3,9-10H2,1-2H3/t11-,13+/m1/s1. The summed E-state index contributed by atoms with van der Waals surface area (Å²) in [5, 5.41) is 9.49. The van der Waals surface area contributed by atoms with E-state index in [2.05, 4.69) is 31.2 Å². The molecule has 1 N–H and O–H groups in total. The van der Waals surface area contributed by atoms with Gasteiger partial charge in [0.2, 0.25) is 0 Å². The van der Waals surface area contributed by atoms with Crippen LogP contribution in [0.3, 0.4) is 0 Å². The third-order valence-corrected chi connectivity index (χ3v) is 2.85. The number of hydrogen-bond acceptors (Lipinski definition) is 1. The maximum atomic E-state index is 9.49. The second kappa shape index (κ2) is 5.82. The smallest absolute Gasteiger partial charge is 0.0540 e. The fourth-order valence-corrected chi connectivity index (χ4v) is 1.78. The monoisotopic (exact) mass is 192 g/mol. The first-order chi connectivity index (χ1) is 6.74. The van der Waals surface area contributed by atoms with Gasteiger partial charge in [0.15, 0.2) is 0 Å². The number of aryl methyl sites for hydroxylation is 1. The largest absolute Gasteiger partial charge is 0.393 e. The van der Waals surface area contributed by atoms with E-state index in [-0.39, 0.29) is 6.10 Å². The Morgan fingerprint density at radius 3 is 2.36 bits per heavy atom. The molecule has 0 heterocycles. The molecule has 0 saturated carbocycles. The Morgan fingerprint density at radius 2 is 1.86 bits per heavy atom. The van der Waals surface area contributed by atoms with Gasteiger partial charge in [-0.25, -0.2) is 0 Å². The zero-order chi connectivity index (χ0) is 10.4. The van der Waals surface area contributed by atoms with Gasteiger partial charge in [-0.1, -0.05) is 43.7 Å². The van der Waals surface area contributed by atoms with Crippen LogP contribution in [0.25, 0.3) is 0 Å². The van der Waals surface area contributed by atoms with Crippen molar-refractivity contribution in [2.75, 3.05) is 0 Å². The number of hydrogen-bond donors (Lipinski definition) is 1. The van der Waals surface area contributed by atoms with Crippen molar-refractivity contribution in [3.63, 3.8) is 0 Å². The van der Waals surface area contributed by atoms with E-state index in [0.717, 1.165) is 19.3 Å². The second-order valence-corrected chi connectivity index (χ2v) is 3.93. The van der Waals surface area contributed by atoms with Crippen LogP contribution in [0.1, 0.15) is 32.3 Å². The quantitative estimate of drug-likeness (QED) is 0.760. The van der Waals surface area contributed by atoms with Crippen molar-refractivity contribution >= 4 is 0 Å². The fourth-order valence-electron chi connectivity index (χ4n) is 1.78. The Labute approximate surface area is 86.8 Å². The van der Waals surface area contributed by atoms with Gasteiger partial charge >= 0.3 is 0 Å². The lowest BCUT2D eigenvalue weighted by molar-refractivity contribution is 0.118. The van der Waals surface area contributed by atoms with Crippen molar-refractivity contribution < 1.29 is 5.11 Å². The zero-order valence-corrected chi connectivity index (χ0v) is 9.11. The number of aliphatic hydroxyl groups excluding tert-OH is 1. The first-order valence-electron chi connectivity index (χ1n) is 5.46. The van der Waals surface area contributed by atoms with Gasteiger partial charge in [0.1, 0.15) is 0 Å². The van der Waals surface area contributed by atoms with Crippen molar-refractivity contribution in [1.29, 1.82) is 0 Å². The summed E-state index contributed by atoms with van der Waals surface area (Å²) in [6.45, 7) is 4.03. The van der Waals surface area contributed by atoms with Gasteiger partial charge in [-0.05, 0) is 31.2 Å². The van der Waals surface area contributed by atoms with Gasteiger partial charge in [-0.15, -0.1) is 0 Å². The van der Waals surface area contributed by atoms with Crippen molar-refractivity contribution in [2.45, 2.75) is 39.2 Å². The molecule has 0 spiro atoms. The minimum atomic E-state index is -0.177. The molecule has 0 radical (unpaired) electrons. The Bertz CT molecular complexity index is 241. The predicted molar refractivity (Wildman–Crippen MR) is 60.2 cm³/mol. The molecule has 1 heteroatoms. The van der Waals surface area contributed by atoms with Gasteiger partial charge in [0, 0.05) is 0 Å². The van der Waals surface area contributed by atoms with Crippen LogP contribution in [0.5, 0.6) is 0 Å². The van der Waals surface area contributed by atoms with Gasteiger partial charge in [0.25, 0.3) is 0 Å². The lowest BCUT2D eigenvalue weighted by atomic mass is 9.93. The maximum Gasteiger partial charge on any atom is 0.0540 e. The van der Waals surface area contributed by atoms with Gasteiger partial charge in [-0.3, -0.25) is 0 Å². The molecule has 0 fully saturated rings. The third-order valence-electron chi connectivity index (χ3n) is 2.85. The van der Waals surface area contributed by atoms with E-state index >= 15 is 0 Å². The van der Waals surface area contributed by atoms with E-state index in [1.54, 1.807) is 0 Å². The van der Waals surface area contributed by atoms with E-state index in [1.165, 1.54) is 5.56 Å². The first-order valence-corrected chi connectivity index (χ1v) is 5.46. The molecule has 0 unspecified atom stereocenters. The molecule has 0 aromatic heterocycles. The van der Waals surface area contributed by atoms with Crippen LogP contribution >= 0.6 is 0 Å². The average Bonchev–Trinajstić information content (AvgIpc) is 2.20. The highest BCUT2D eigenvalue weighted by Crippen LogP contribution is 2.16. The summed E-state index contributed by atoms with van der Waals surface area (Å²) in [7, 11) is 0. The molecule has 0 bridgehead atoms. The lowest BCUT2D eigenvalue weighted by Gasteiger charge is -2.17. The minimum Gasteiger partial charge on any atom is -0.393 e. The Hall–Kier alpha value is -0.820. The van der Waals surface area contributed by atoms with Crippen molar-refractivity contribution in [3.05, 3.63) is 35.9 Å². The summed E-state index contributed by atoms with van der Waals surface area (Å²) in [6, 6.07) is 10.5. The van der Waals surface area contributed by atoms with E-state index in [4.69, 9.17) is 0 Å². The molecule has 0 saturated heterocycles. The number of rotatable bonds is 5. The molecule has 14 heavy (non-hydrogen) atoms. The summed E-state index contributed by atoms with van der Waals surface area (Å²) < 4.78 is 0. The fraction of sp³-hybridized carbons (Fsp3) is 0.538. The molecule has 0 amide bonds. The molecule has 2 atom stereocenters. The van der Waals surface area contributed by atoms with E-state index in [1.807, 2.05) is 13.0 Å². The molecule has 1 aromatic rings. The van der Waals surface area contributed by atoms with Crippen LogP contribution in [0, 0.1) is 5.92 Å². The number of aliphatic hydroxyl groups is 1. The van der Waals surface area contributed by atoms with Gasteiger partial charge < -0.3 is 5.11 Å². The molecule has 1 rings (SSSR count). The average molecular weight is 192 g/mol. The van der Waals surface area contributed by atoms with Crippen LogP contribution < -0.4 is 0 Å². The predicted octanol–water partition coefficient (Wildman–Crippen LogP) is 3.03. The topological polar surface area (TPSA) is 20.2 Å². The molecular formula is C13H20O. The minimum absolute atomic E-state index is 0.177. The highest BCUT2D eigenvalue weighted by atomic mass is 16.3. The molecule has 0 aliphatic rings. The summed E-state index contributed by atoms with van der Waals surface area (Å²) in [5.74, 6) is 0.440. The molecule has 1 aromatic carbocycles. The molecule has 1 nitrogen and oxygen atoms in total. The Kier molecular flexibility index (Phi) is 4.68. The lowest BCUT2D eigenvalue weighted by Crippen LogP contribution is -2.16. The highest BCUT2D eigenvalue weighted by Gasteiger charge is 2.11. The van der Waals surface area contributed by atoms with E-state index < -0.39 is 0 Å². The number of benzene rings is 1. The Balaban J connectivity index is 2.40. The highest BCUT2D eigenvalue weighted by molar-refractivity contribution is 5.14. The van der Waals surface area contributed by atoms with Gasteiger partial charge in [-0.2, -0.15) is 0 Å². The maximum absolute atomic E-state index is 9.49. The SMILES string of the molecule is CC[C@@H](CCc1ccccc1)[C@@H](C)O. The van der Waals surface area contributed by atoms with E-state index in [0.29, 0.717) is 5.92 Å². The normalized spacial score (nSPS) is 15.1. The van der Waals surface area contributed by atoms with Gasteiger partial charge in [0.05, 0.1) is 6.10 Å². The zero-order valence-electron chi connectivity index (χ0n) is 9.11. The van der Waals surface area contributed by atoms with Crippen LogP contribution in [0.4, 0.5) is 0 Å². The van der Waals surface area contributed by atoms with Crippen molar-refractivity contribution in [2.24, 2.45) is 5.92 Å². The molecule has 0 aliphatic heterocycles. The van der Waals surface area contributed by atoms with Crippen molar-refractivity contribution in [3.8, 4) is 0 Å². The summed E-state index contributed by atoms with van der Waals surface area (Å²) in [6.07, 6.45) is 3.04. The van der Waals surface area contributed by atoms with E-state index in [9.17, 15) is 5.11 Å². The molecule has 0 aliphatic carbocycles. The second-order valence-electron chi connectivity index (χ2n) is 3.93. The van der Waals surface area contributed by atoms with Crippen LogP contribution in [-0.4, -0.2) is 11.2 Å². The summed E-state index contributed by atoms with van der Waals surface area (Å²) in [5.41, 5.74) is 1.37. The molecule has 78 valence electrons. The van der Waals surface area contributed by atoms with Crippen LogP contribution in [-0.2, 0) is 6.42 Å².